The van der Waals surface area contributed by atoms with Gasteiger partial charge in [0.15, 0.2) is 29.8 Å². The molecule has 0 saturated carbocycles. The number of carboxylic acid groups (broad SMARTS) is 1. The highest BCUT2D eigenvalue weighted by Gasteiger charge is 2.38. The van der Waals surface area contributed by atoms with Gasteiger partial charge in [-0.2, -0.15) is 0 Å². The molecule has 0 heterocycles. The third-order valence-electron chi connectivity index (χ3n) is 15.5. The first kappa shape index (κ1) is 93.3. The van der Waals surface area contributed by atoms with Gasteiger partial charge < -0.3 is 149 Å². The lowest BCUT2D eigenvalue weighted by molar-refractivity contribution is -0.144. The molecule has 45 heteroatoms. The van der Waals surface area contributed by atoms with Crippen molar-refractivity contribution in [3.8, 4) is 0 Å². The first-order valence-electron chi connectivity index (χ1n) is 33.7. The number of nitrogens with two attached hydrogens (primary N) is 14. The highest BCUT2D eigenvalue weighted by Crippen LogP contribution is 2.13. The normalized spacial score (nSPS) is 14.6. The zero-order valence-corrected chi connectivity index (χ0v) is 59.2. The van der Waals surface area contributed by atoms with Crippen LogP contribution in [0.5, 0.6) is 0 Å². The summed E-state index contributed by atoms with van der Waals surface area (Å²) in [7, 11) is 0. The highest BCUT2D eigenvalue weighted by molar-refractivity contribution is 5.99. The molecule has 104 heavy (non-hydrogen) atoms. The summed E-state index contributed by atoms with van der Waals surface area (Å²) in [5.74, 6) is -15.8. The monoisotopic (exact) mass is 1480 g/mol. The number of carboxylic acids is 1. The first-order valence-corrected chi connectivity index (χ1v) is 33.7. The van der Waals surface area contributed by atoms with Gasteiger partial charge in [0.05, 0.1) is 18.8 Å². The largest absolute Gasteiger partial charge is 0.480 e. The van der Waals surface area contributed by atoms with Crippen LogP contribution in [0.4, 0.5) is 0 Å². The summed E-state index contributed by atoms with van der Waals surface area (Å²) < 4.78 is 0. The van der Waals surface area contributed by atoms with Gasteiger partial charge >= 0.3 is 5.97 Å². The number of amides is 12. The van der Waals surface area contributed by atoms with E-state index in [1.165, 1.54) is 0 Å². The quantitative estimate of drug-likeness (QED) is 0.0153. The Balaban J connectivity index is 7.49. The summed E-state index contributed by atoms with van der Waals surface area (Å²) >= 11 is 0. The predicted octanol–water partition coefficient (Wildman–Crippen LogP) is -12.4. The van der Waals surface area contributed by atoms with Gasteiger partial charge in [-0.1, -0.05) is 20.3 Å². The Morgan fingerprint density at radius 2 is 0.606 bits per heavy atom. The number of hydrogen-bond acceptors (Lipinski definition) is 22. The Hall–Kier alpha value is -10.7. The van der Waals surface area contributed by atoms with Crippen LogP contribution in [0, 0.1) is 5.92 Å². The van der Waals surface area contributed by atoms with Crippen LogP contribution in [0.15, 0.2) is 25.0 Å². The van der Waals surface area contributed by atoms with E-state index >= 15 is 0 Å². The minimum absolute atomic E-state index is 0.00706. The van der Waals surface area contributed by atoms with Crippen LogP contribution in [0.2, 0.25) is 0 Å². The molecule has 0 aliphatic carbocycles. The van der Waals surface area contributed by atoms with Gasteiger partial charge in [0, 0.05) is 45.6 Å². The number of hydrogen-bond donors (Lipinski definition) is 27. The minimum atomic E-state index is -1.90. The SMILES string of the molecule is CCC(C)C(NC(=O)C(NC(=O)C(CCCN=C(N)N)NC(=O)C(CCCN=C(N)N)NC(=O)C(CO)NC(=O)C(CCCCN)NC(=O)C(CCCN=C(N)N)NC(=O)C(CCC(N)=O)NC(=O)C(CCCN=C(N)N)NC(=O)C(CCCN=C(N)N)NC(=O)C(N)CCC(N)=O)C(C)O)C(=O)O. The molecule has 13 atom stereocenters. The average molecular weight is 1480 g/mol. The van der Waals surface area contributed by atoms with Crippen molar-refractivity contribution in [2.45, 2.75) is 209 Å². The fourth-order valence-corrected chi connectivity index (χ4v) is 9.57. The second kappa shape index (κ2) is 51.4. The fraction of sp³-hybridized carbons (Fsp3) is 0.695. The molecule has 45 nitrogen and oxygen atoms in total. The Labute approximate surface area is 601 Å². The van der Waals surface area contributed by atoms with Crippen molar-refractivity contribution in [3.63, 3.8) is 0 Å². The van der Waals surface area contributed by atoms with Gasteiger partial charge in [-0.05, 0) is 116 Å². The summed E-state index contributed by atoms with van der Waals surface area (Å²) in [6.07, 6.45) is -3.72. The van der Waals surface area contributed by atoms with Crippen molar-refractivity contribution in [2.75, 3.05) is 45.9 Å². The van der Waals surface area contributed by atoms with Gasteiger partial charge in [-0.15, -0.1) is 0 Å². The standard InChI is InChI=1S/C59H113N29O16/c1-4-29(2)42(54(103)104)87-53(102)43(30(3)90)88-51(100)37(17-11-27-78-59(72)73)83-47(96)36(16-10-26-77-58(70)71)84-52(101)39(28-89)86-49(98)32(12-5-6-22-60)80-46(95)34(14-8-24-75-56(66)67)82-50(99)38(19-21-41(63)92)85-48(97)35(15-9-25-76-57(68)69)81-45(94)33(13-7-23-74-55(64)65)79-44(93)31(61)18-20-40(62)91/h29-39,42-43,89-90H,4-28,60-61H2,1-3H3,(H2,62,91)(H2,63,92)(H,79,93)(H,80,95)(H,81,94)(H,82,99)(H,83,96)(H,84,101)(H,85,97)(H,86,98)(H,87,102)(H,88,100)(H,103,104)(H4,64,65,74)(H4,66,67,75)(H4,68,69,76)(H4,70,71,77)(H4,72,73,78). The van der Waals surface area contributed by atoms with Crippen molar-refractivity contribution in [3.05, 3.63) is 0 Å². The summed E-state index contributed by atoms with van der Waals surface area (Å²) in [6, 6.07) is -17.5. The Morgan fingerprint density at radius 1 is 0.346 bits per heavy atom. The smallest absolute Gasteiger partial charge is 0.326 e. The molecule has 0 radical (unpaired) electrons. The molecule has 0 aliphatic rings. The highest BCUT2D eigenvalue weighted by atomic mass is 16.4. The Kier molecular flexibility index (Phi) is 46.1. The lowest BCUT2D eigenvalue weighted by Crippen LogP contribution is -2.62. The number of nitrogens with one attached hydrogen (secondary N) is 10. The van der Waals surface area contributed by atoms with E-state index < -0.39 is 175 Å². The number of guanidine groups is 5. The molecule has 590 valence electrons. The van der Waals surface area contributed by atoms with Crippen LogP contribution in [-0.2, 0) is 62.3 Å². The predicted molar refractivity (Wildman–Crippen MR) is 382 cm³/mol. The molecule has 0 fully saturated rings. The third-order valence-corrected chi connectivity index (χ3v) is 15.5. The molecule has 0 saturated heterocycles. The Bertz CT molecular complexity index is 2950. The van der Waals surface area contributed by atoms with Crippen LogP contribution < -0.4 is 133 Å². The maximum atomic E-state index is 14.6. The topological polar surface area (TPSA) is 829 Å². The van der Waals surface area contributed by atoms with Crippen LogP contribution in [0.3, 0.4) is 0 Å². The molecule has 0 aromatic heterocycles. The number of primary amides is 2. The molecule has 13 unspecified atom stereocenters. The lowest BCUT2D eigenvalue weighted by atomic mass is 9.98. The number of nitrogens with zero attached hydrogens (tertiary/aromatic N) is 5. The second-order valence-corrected chi connectivity index (χ2v) is 24.3. The fourth-order valence-electron chi connectivity index (χ4n) is 9.57. The summed E-state index contributed by atoms with van der Waals surface area (Å²) in [4.78, 5) is 197. The Morgan fingerprint density at radius 3 is 0.875 bits per heavy atom. The number of rotatable bonds is 55. The maximum Gasteiger partial charge on any atom is 0.326 e. The molecular formula is C59H113N29O16. The van der Waals surface area contributed by atoms with Gasteiger partial charge in [0.2, 0.25) is 70.9 Å². The van der Waals surface area contributed by atoms with Crippen LogP contribution in [-0.4, -0.2) is 240 Å². The van der Waals surface area contributed by atoms with E-state index in [1.807, 2.05) is 0 Å². The summed E-state index contributed by atoms with van der Waals surface area (Å²) in [5.41, 5.74) is 77.5. The molecule has 41 N–H and O–H groups in total. The number of aliphatic hydroxyl groups is 2. The van der Waals surface area contributed by atoms with Crippen molar-refractivity contribution in [1.29, 1.82) is 0 Å². The van der Waals surface area contributed by atoms with Crippen LogP contribution >= 0.6 is 0 Å². The van der Waals surface area contributed by atoms with E-state index in [2.05, 4.69) is 78.1 Å². The zero-order valence-electron chi connectivity index (χ0n) is 59.2. The van der Waals surface area contributed by atoms with Gasteiger partial charge in [0.25, 0.3) is 0 Å². The molecule has 0 aromatic rings. The number of carbonyl (C=O) groups excluding carboxylic acids is 12. The van der Waals surface area contributed by atoms with E-state index in [1.54, 1.807) is 13.8 Å². The van der Waals surface area contributed by atoms with E-state index in [4.69, 9.17) is 80.3 Å². The van der Waals surface area contributed by atoms with E-state index in [9.17, 15) is 77.6 Å². The van der Waals surface area contributed by atoms with Crippen molar-refractivity contribution in [1.82, 2.24) is 53.2 Å². The van der Waals surface area contributed by atoms with Crippen LogP contribution in [0.25, 0.3) is 0 Å². The minimum Gasteiger partial charge on any atom is -0.480 e. The number of unbranched alkanes of at least 4 members (excludes halogenated alkanes) is 1. The molecule has 0 aromatic carbocycles. The number of carbonyl (C=O) groups is 13. The van der Waals surface area contributed by atoms with Gasteiger partial charge in [0.1, 0.15) is 60.4 Å². The average Bonchev–Trinajstić information content (AvgIpc) is 0.863. The summed E-state index contributed by atoms with van der Waals surface area (Å²) in [5, 5.41) is 55.7. The van der Waals surface area contributed by atoms with Gasteiger partial charge in [-0.25, -0.2) is 4.79 Å². The van der Waals surface area contributed by atoms with Gasteiger partial charge in [-0.3, -0.25) is 82.5 Å². The van der Waals surface area contributed by atoms with E-state index in [0.29, 0.717) is 6.42 Å². The van der Waals surface area contributed by atoms with Crippen molar-refractivity contribution < 1.29 is 77.6 Å². The number of aliphatic carboxylic acids is 1. The number of aliphatic hydroxyl groups excluding tert-OH is 2. The molecule has 0 aliphatic heterocycles. The van der Waals surface area contributed by atoms with E-state index in [-0.39, 0.29) is 165 Å². The molecule has 12 amide bonds. The summed E-state index contributed by atoms with van der Waals surface area (Å²) in [6.45, 7) is 2.96. The van der Waals surface area contributed by atoms with Crippen molar-refractivity contribution in [2.24, 2.45) is 111 Å². The van der Waals surface area contributed by atoms with E-state index in [0.717, 1.165) is 6.92 Å². The maximum absolute atomic E-state index is 14.6. The molecular weight excluding hydrogens is 1370 g/mol. The number of aliphatic imine (C=N–C) groups is 5. The first-order chi connectivity index (χ1) is 48.9. The molecule has 0 bridgehead atoms. The third kappa shape index (κ3) is 40.7. The molecule has 0 spiro atoms. The zero-order chi connectivity index (χ0) is 79.2. The molecule has 0 rings (SSSR count). The second-order valence-electron chi connectivity index (χ2n) is 24.3. The lowest BCUT2D eigenvalue weighted by Gasteiger charge is -2.29. The van der Waals surface area contributed by atoms with Crippen molar-refractivity contribution >= 4 is 107 Å². The van der Waals surface area contributed by atoms with Crippen LogP contribution in [0.1, 0.15) is 136 Å².